The second-order valence-electron chi connectivity index (χ2n) is 17.7. The fourth-order valence-corrected chi connectivity index (χ4v) is 14.6. The number of unbranched alkanes of at least 4 members (excludes halogenated alkanes) is 30. The van der Waals surface area contributed by atoms with E-state index in [-0.39, 0.29) is 0 Å². The van der Waals surface area contributed by atoms with Crippen LogP contribution in [0.1, 0.15) is 226 Å². The largest absolute Gasteiger partial charge is 0.329 e. The smallest absolute Gasteiger partial charge is 0.124 e. The highest BCUT2D eigenvalue weighted by molar-refractivity contribution is 6.77. The molecule has 0 fully saturated rings. The van der Waals surface area contributed by atoms with E-state index in [4.69, 9.17) is 0 Å². The molecule has 296 valence electrons. The summed E-state index contributed by atoms with van der Waals surface area (Å²) in [7, 11) is 6.99. The minimum absolute atomic E-state index is 1.31. The van der Waals surface area contributed by atoms with Gasteiger partial charge in [0.05, 0.1) is 0 Å². The minimum Gasteiger partial charge on any atom is -0.329 e. The molecule has 0 aromatic rings. The first-order chi connectivity index (χ1) is 23.7. The fourth-order valence-electron chi connectivity index (χ4n) is 8.10. The van der Waals surface area contributed by atoms with Crippen molar-refractivity contribution in [3.8, 4) is 0 Å². The zero-order valence-electron chi connectivity index (χ0n) is 36.1. The molecule has 2 nitrogen and oxygen atoms in total. The lowest BCUT2D eigenvalue weighted by Crippen LogP contribution is -2.49. The maximum absolute atomic E-state index is 2.70. The highest BCUT2D eigenvalue weighted by Gasteiger charge is 2.33. The summed E-state index contributed by atoms with van der Waals surface area (Å²) in [5, 5.41) is 0. The average Bonchev–Trinajstić information content (AvgIpc) is 3.07. The van der Waals surface area contributed by atoms with Crippen LogP contribution >= 0.6 is 0 Å². The van der Waals surface area contributed by atoms with Crippen molar-refractivity contribution in [1.82, 2.24) is 9.13 Å². The molecule has 0 saturated carbocycles. The van der Waals surface area contributed by atoms with Crippen LogP contribution in [0.2, 0.25) is 37.3 Å². The maximum atomic E-state index is 2.70. The molecule has 2 atom stereocenters. The number of rotatable bonds is 40. The number of hydrogen-bond donors (Lipinski definition) is 0. The lowest BCUT2D eigenvalue weighted by atomic mass is 10.0. The number of hydrogen-bond acceptors (Lipinski definition) is 2. The fraction of sp³-hybridized carbons (Fsp3) is 1.00. The first-order valence-corrected chi connectivity index (χ1v) is 28.8. The molecule has 0 heterocycles. The van der Waals surface area contributed by atoms with Gasteiger partial charge in [-0.25, -0.2) is 0 Å². The lowest BCUT2D eigenvalue weighted by molar-refractivity contribution is 0.529. The van der Waals surface area contributed by atoms with Crippen molar-refractivity contribution in [3.63, 3.8) is 0 Å². The van der Waals surface area contributed by atoms with Crippen molar-refractivity contribution < 1.29 is 0 Å². The normalized spacial score (nSPS) is 14.6. The van der Waals surface area contributed by atoms with Crippen LogP contribution in [0.3, 0.4) is 0 Å². The second-order valence-corrected chi connectivity index (χ2v) is 27.5. The Hall–Kier alpha value is 0.354. The summed E-state index contributed by atoms with van der Waals surface area (Å²) in [4.78, 5) is 0. The summed E-state index contributed by atoms with van der Waals surface area (Å²) >= 11 is 0. The van der Waals surface area contributed by atoms with Crippen LogP contribution in [0, 0.1) is 0 Å². The molecule has 0 N–H and O–H groups in total. The molecule has 49 heavy (non-hydrogen) atoms. The summed E-state index contributed by atoms with van der Waals surface area (Å²) in [6.07, 6.45) is 48.4. The molecule has 0 bridgehead atoms. The molecular formula is C45H98N2Si2. The molecule has 0 aliphatic rings. The highest BCUT2D eigenvalue weighted by Crippen LogP contribution is 2.30. The van der Waals surface area contributed by atoms with Gasteiger partial charge in [0, 0.05) is 0 Å². The van der Waals surface area contributed by atoms with Gasteiger partial charge >= 0.3 is 0 Å². The zero-order valence-corrected chi connectivity index (χ0v) is 38.1. The van der Waals surface area contributed by atoms with E-state index in [9.17, 15) is 0 Å². The summed E-state index contributed by atoms with van der Waals surface area (Å²) in [5.74, 6) is 0. The zero-order chi connectivity index (χ0) is 36.3. The Morgan fingerprint density at radius 3 is 0.592 bits per heavy atom. The van der Waals surface area contributed by atoms with Crippen molar-refractivity contribution in [2.24, 2.45) is 0 Å². The van der Waals surface area contributed by atoms with Crippen molar-refractivity contribution in [2.45, 2.75) is 263 Å². The van der Waals surface area contributed by atoms with Crippen molar-refractivity contribution in [1.29, 1.82) is 0 Å². The lowest BCUT2D eigenvalue weighted by Gasteiger charge is -2.38. The Balaban J connectivity index is 3.93. The molecule has 2 unspecified atom stereocenters. The molecule has 0 aromatic carbocycles. The average molecular weight is 723 g/mol. The van der Waals surface area contributed by atoms with Crippen molar-refractivity contribution >= 4 is 16.5 Å². The predicted octanol–water partition coefficient (Wildman–Crippen LogP) is 16.2. The van der Waals surface area contributed by atoms with Gasteiger partial charge in [0.1, 0.15) is 16.5 Å². The van der Waals surface area contributed by atoms with E-state index in [0.717, 1.165) is 0 Å². The van der Waals surface area contributed by atoms with E-state index >= 15 is 0 Å². The van der Waals surface area contributed by atoms with E-state index in [2.05, 4.69) is 64.3 Å². The van der Waals surface area contributed by atoms with Crippen LogP contribution in [0.25, 0.3) is 0 Å². The van der Waals surface area contributed by atoms with E-state index in [1.54, 1.807) is 0 Å². The van der Waals surface area contributed by atoms with E-state index in [1.807, 2.05) is 0 Å². The first-order valence-electron chi connectivity index (χ1n) is 23.1. The summed E-state index contributed by atoms with van der Waals surface area (Å²) in [5.41, 5.74) is 0. The van der Waals surface area contributed by atoms with E-state index in [0.29, 0.717) is 0 Å². The second kappa shape index (κ2) is 35.4. The molecule has 0 saturated heterocycles. The maximum Gasteiger partial charge on any atom is 0.124 e. The van der Waals surface area contributed by atoms with Gasteiger partial charge in [-0.3, -0.25) is 0 Å². The third-order valence-electron chi connectivity index (χ3n) is 12.7. The molecular weight excluding hydrogens is 625 g/mol. The van der Waals surface area contributed by atoms with E-state index in [1.165, 1.54) is 236 Å². The predicted molar refractivity (Wildman–Crippen MR) is 234 cm³/mol. The van der Waals surface area contributed by atoms with Gasteiger partial charge in [0.25, 0.3) is 0 Å². The molecule has 0 radical (unpaired) electrons. The van der Waals surface area contributed by atoms with Crippen LogP contribution in [0.5, 0.6) is 0 Å². The molecule has 0 aliphatic heterocycles. The minimum atomic E-state index is -1.31. The molecule has 0 amide bonds. The topological polar surface area (TPSA) is 6.48 Å². The highest BCUT2D eigenvalue weighted by atomic mass is 28.3. The van der Waals surface area contributed by atoms with Gasteiger partial charge in [0.2, 0.25) is 0 Å². The Morgan fingerprint density at radius 1 is 0.245 bits per heavy atom. The van der Waals surface area contributed by atoms with Crippen LogP contribution < -0.4 is 0 Å². The van der Waals surface area contributed by atoms with Crippen LogP contribution in [0.15, 0.2) is 0 Å². The number of nitrogens with zero attached hydrogens (tertiary/aromatic N) is 2. The van der Waals surface area contributed by atoms with Crippen LogP contribution in [-0.4, -0.2) is 53.8 Å². The summed E-state index contributed by atoms with van der Waals surface area (Å²) in [6, 6.07) is 6.04. The van der Waals surface area contributed by atoms with Gasteiger partial charge in [0.15, 0.2) is 0 Å². The van der Waals surface area contributed by atoms with Gasteiger partial charge < -0.3 is 9.13 Å². The monoisotopic (exact) mass is 723 g/mol. The summed E-state index contributed by atoms with van der Waals surface area (Å²) < 4.78 is 5.39. The molecule has 0 rings (SSSR count). The Morgan fingerprint density at radius 2 is 0.408 bits per heavy atom. The quantitative estimate of drug-likeness (QED) is 0.0459. The Bertz CT molecular complexity index is 602. The molecule has 0 aliphatic carbocycles. The Labute approximate surface area is 315 Å². The molecule has 4 heteroatoms. The molecule has 0 aromatic heterocycles. The van der Waals surface area contributed by atoms with Crippen LogP contribution in [-0.2, 0) is 0 Å². The SMILES string of the molecule is CCCCCCCCCCCCCCCCCC[Si](C)(CCC[Si](C)(CCCCCCCCCCCCCCCCCC)N(C)C)N(C)C. The van der Waals surface area contributed by atoms with Gasteiger partial charge in [-0.05, 0) is 52.4 Å². The van der Waals surface area contributed by atoms with Crippen molar-refractivity contribution in [2.75, 3.05) is 28.2 Å². The van der Waals surface area contributed by atoms with E-state index < -0.39 is 16.5 Å². The third-order valence-corrected chi connectivity index (χ3v) is 22.8. The van der Waals surface area contributed by atoms with Crippen LogP contribution in [0.4, 0.5) is 0 Å². The van der Waals surface area contributed by atoms with Gasteiger partial charge in [-0.2, -0.15) is 0 Å². The third kappa shape index (κ3) is 30.5. The Kier molecular flexibility index (Phi) is 35.6. The molecule has 0 spiro atoms. The van der Waals surface area contributed by atoms with Gasteiger partial charge in [-0.15, -0.1) is 0 Å². The van der Waals surface area contributed by atoms with Crippen molar-refractivity contribution in [3.05, 3.63) is 0 Å². The summed E-state index contributed by atoms with van der Waals surface area (Å²) in [6.45, 7) is 10.0. The first kappa shape index (κ1) is 49.4. The van der Waals surface area contributed by atoms with Gasteiger partial charge in [-0.1, -0.05) is 239 Å². The standard InChI is InChI=1S/C45H98N2Si2/c1-9-11-13-15-17-19-21-23-25-27-29-31-33-35-37-39-42-48(7,46(3)4)44-41-45-49(8,47(5)6)43-40-38-36-34-32-30-28-26-24-22-20-18-16-14-12-10-2/h9-45H2,1-8H3.